The van der Waals surface area contributed by atoms with Crippen molar-refractivity contribution < 1.29 is 47.2 Å². The van der Waals surface area contributed by atoms with E-state index in [1.54, 1.807) is 0 Å². The van der Waals surface area contributed by atoms with Gasteiger partial charge in [-0.2, -0.15) is 0 Å². The molecule has 0 aliphatic heterocycles. The van der Waals surface area contributed by atoms with Gasteiger partial charge in [0.2, 0.25) is 0 Å². The molecule has 434 valence electrons. The lowest BCUT2D eigenvalue weighted by Gasteiger charge is -2.50. The first kappa shape index (κ1) is 72.1. The number of thioether (sulfide) groups is 1. The molecule has 0 bridgehead atoms. The van der Waals surface area contributed by atoms with E-state index in [0.717, 1.165) is 128 Å². The molecule has 0 aromatic heterocycles. The van der Waals surface area contributed by atoms with E-state index in [1.807, 2.05) is 0 Å². The lowest BCUT2D eigenvalue weighted by atomic mass is 10.1. The van der Waals surface area contributed by atoms with Crippen molar-refractivity contribution in [1.29, 1.82) is 0 Å². The van der Waals surface area contributed by atoms with Crippen LogP contribution in [0.15, 0.2) is 0 Å². The van der Waals surface area contributed by atoms with Crippen LogP contribution in [0.4, 0.5) is 0 Å². The third kappa shape index (κ3) is 19.8. The standard InChI is InChI=1S/C55H112O11S6/c1-11-16-21-26-31-36-42-49(6)68(57,58)54(67-48-41-47-56,69(59,60)50(7)43-37-32-27-22-17-12-2)55(70(61,62)51(8)44-38-33-28-23-18-13-3,71(63,64)52(9)45-39-34-29-24-19-14-4)72(65,66)53(10)46-40-35-30-25-20-15-5/h49-53,56H,11-48H2,1-10H3. The summed E-state index contributed by atoms with van der Waals surface area (Å²) in [5.74, 6) is -0.520. The van der Waals surface area contributed by atoms with Crippen molar-refractivity contribution in [3.05, 3.63) is 0 Å². The van der Waals surface area contributed by atoms with Gasteiger partial charge >= 0.3 is 3.41 Å². The largest absolute Gasteiger partial charge is 0.396 e. The summed E-state index contributed by atoms with van der Waals surface area (Å²) >= 11 is 0.143. The molecule has 0 aromatic rings. The first-order chi connectivity index (χ1) is 34.0. The van der Waals surface area contributed by atoms with E-state index < -0.39 is 94.6 Å². The molecule has 0 saturated heterocycles. The summed E-state index contributed by atoms with van der Waals surface area (Å²) in [6.07, 6.45) is 21.5. The Balaban J connectivity index is 9.39. The van der Waals surface area contributed by atoms with Crippen LogP contribution >= 0.6 is 11.8 Å². The van der Waals surface area contributed by atoms with E-state index in [4.69, 9.17) is 0 Å². The number of sulfone groups is 5. The molecule has 5 unspecified atom stereocenters. The van der Waals surface area contributed by atoms with E-state index >= 15 is 42.1 Å². The molecule has 17 heteroatoms. The monoisotopic (exact) mass is 1140 g/mol. The molecule has 11 nitrogen and oxygen atoms in total. The van der Waals surface area contributed by atoms with Crippen molar-refractivity contribution in [3.8, 4) is 0 Å². The zero-order valence-electron chi connectivity index (χ0n) is 47.7. The van der Waals surface area contributed by atoms with Gasteiger partial charge in [0.15, 0.2) is 49.2 Å². The smallest absolute Gasteiger partial charge is 0.315 e. The molecule has 72 heavy (non-hydrogen) atoms. The highest BCUT2D eigenvalue weighted by molar-refractivity contribution is 8.36. The summed E-state index contributed by atoms with van der Waals surface area (Å²) in [6, 6.07) is 0. The predicted molar refractivity (Wildman–Crippen MR) is 311 cm³/mol. The summed E-state index contributed by atoms with van der Waals surface area (Å²) in [5, 5.41) is 1.77. The van der Waals surface area contributed by atoms with Crippen molar-refractivity contribution in [2.45, 2.75) is 333 Å². The maximum Gasteiger partial charge on any atom is 0.315 e. The molecular weight excluding hydrogens is 1030 g/mol. The van der Waals surface area contributed by atoms with Crippen molar-refractivity contribution in [1.82, 2.24) is 0 Å². The third-order valence-corrected chi connectivity index (χ3v) is 37.1. The Labute approximate surface area is 450 Å². The number of rotatable bonds is 50. The van der Waals surface area contributed by atoms with Gasteiger partial charge in [-0.1, -0.05) is 227 Å². The van der Waals surface area contributed by atoms with Gasteiger partial charge in [0.25, 0.3) is 3.41 Å². The van der Waals surface area contributed by atoms with Gasteiger partial charge in [0.1, 0.15) is 0 Å². The Hall–Kier alpha value is 0.0600. The number of hydrogen-bond acceptors (Lipinski definition) is 12. The zero-order chi connectivity index (χ0) is 55.0. The molecule has 0 fully saturated rings. The van der Waals surface area contributed by atoms with Crippen LogP contribution in [0.2, 0.25) is 0 Å². The molecule has 0 saturated carbocycles. The van der Waals surface area contributed by atoms with Crippen LogP contribution in [0.1, 0.15) is 300 Å². The molecule has 0 rings (SSSR count). The Morgan fingerprint density at radius 1 is 0.306 bits per heavy atom. The fourth-order valence-corrected chi connectivity index (χ4v) is 35.4. The van der Waals surface area contributed by atoms with Gasteiger partial charge in [0.05, 0.1) is 26.2 Å². The highest BCUT2D eigenvalue weighted by atomic mass is 32.3. The molecular formula is C55H112O11S6. The molecule has 1 N–H and O–H groups in total. The summed E-state index contributed by atoms with van der Waals surface area (Å²) in [5.41, 5.74) is 0. The Morgan fingerprint density at radius 3 is 0.708 bits per heavy atom. The topological polar surface area (TPSA) is 191 Å². The van der Waals surface area contributed by atoms with Gasteiger partial charge in [-0.25, -0.2) is 42.1 Å². The first-order valence-corrected chi connectivity index (χ1v) is 38.1. The van der Waals surface area contributed by atoms with Crippen LogP contribution in [-0.4, -0.2) is 92.6 Å². The second kappa shape index (κ2) is 37.8. The predicted octanol–water partition coefficient (Wildman–Crippen LogP) is 15.2. The van der Waals surface area contributed by atoms with Crippen LogP contribution in [0.25, 0.3) is 0 Å². The molecule has 0 aliphatic rings. The van der Waals surface area contributed by atoms with Crippen molar-refractivity contribution in [2.24, 2.45) is 0 Å². The average molecular weight is 1140 g/mol. The molecule has 0 aliphatic carbocycles. The molecule has 0 radical (unpaired) electrons. The average Bonchev–Trinajstić information content (AvgIpc) is 3.33. The number of aliphatic hydroxyl groups is 1. The van der Waals surface area contributed by atoms with E-state index in [-0.39, 0.29) is 69.5 Å². The number of unbranched alkanes of at least 4 members (excludes halogenated alkanes) is 25. The van der Waals surface area contributed by atoms with E-state index in [1.165, 1.54) is 34.6 Å². The van der Waals surface area contributed by atoms with Crippen molar-refractivity contribution in [2.75, 3.05) is 12.4 Å². The van der Waals surface area contributed by atoms with Crippen LogP contribution < -0.4 is 0 Å². The van der Waals surface area contributed by atoms with Crippen LogP contribution in [0.5, 0.6) is 0 Å². The van der Waals surface area contributed by atoms with Gasteiger partial charge in [0, 0.05) is 6.61 Å². The minimum absolute atomic E-state index is 0.123. The Bertz CT molecular complexity index is 1770. The molecule has 0 amide bonds. The first-order valence-electron chi connectivity index (χ1n) is 29.4. The molecule has 0 spiro atoms. The third-order valence-electron chi connectivity index (χ3n) is 15.3. The fraction of sp³-hybridized carbons (Fsp3) is 1.00. The minimum atomic E-state index is -5.87. The SMILES string of the molecule is CCCCCCCCC(C)S(=O)(=O)C(SCCCO)(C(S(=O)(=O)C(C)CCCCCCCC)(S(=O)(=O)C(C)CCCCCCCC)S(=O)(=O)C(C)CCCCCCCC)S(=O)(=O)C(C)CCCCCCCC. The van der Waals surface area contributed by atoms with E-state index in [2.05, 4.69) is 34.6 Å². The normalized spacial score (nSPS) is 17.0. The minimum Gasteiger partial charge on any atom is -0.396 e. The summed E-state index contributed by atoms with van der Waals surface area (Å²) in [7, 11) is -28.9. The Morgan fingerprint density at radius 2 is 0.500 bits per heavy atom. The van der Waals surface area contributed by atoms with Crippen LogP contribution in [0.3, 0.4) is 0 Å². The highest BCUT2D eigenvalue weighted by Gasteiger charge is 2.87. The molecule has 0 aromatic carbocycles. The van der Waals surface area contributed by atoms with Crippen molar-refractivity contribution >= 4 is 60.9 Å². The summed E-state index contributed by atoms with van der Waals surface area (Å²) < 4.78 is 158. The summed E-state index contributed by atoms with van der Waals surface area (Å²) in [4.78, 5) is 0. The molecule has 0 heterocycles. The van der Waals surface area contributed by atoms with Crippen LogP contribution in [0, 0.1) is 0 Å². The number of aliphatic hydroxyl groups excluding tert-OH is 1. The highest BCUT2D eigenvalue weighted by Crippen LogP contribution is 2.61. The second-order valence-electron chi connectivity index (χ2n) is 21.6. The maximum absolute atomic E-state index is 16.7. The second-order valence-corrected chi connectivity index (χ2v) is 37.0. The number of hydrogen-bond donors (Lipinski definition) is 1. The zero-order valence-corrected chi connectivity index (χ0v) is 52.6. The fourth-order valence-electron chi connectivity index (χ4n) is 10.2. The van der Waals surface area contributed by atoms with Gasteiger partial charge < -0.3 is 5.11 Å². The van der Waals surface area contributed by atoms with E-state index in [9.17, 15) is 5.11 Å². The lowest BCUT2D eigenvalue weighted by molar-refractivity contribution is 0.296. The van der Waals surface area contributed by atoms with Gasteiger partial charge in [-0.05, 0) is 78.9 Å². The lowest BCUT2D eigenvalue weighted by Crippen LogP contribution is -2.76. The van der Waals surface area contributed by atoms with Gasteiger partial charge in [-0.3, -0.25) is 0 Å². The Kier molecular flexibility index (Phi) is 37.8. The quantitative estimate of drug-likeness (QED) is 0.0568. The van der Waals surface area contributed by atoms with Crippen LogP contribution in [-0.2, 0) is 49.2 Å². The summed E-state index contributed by atoms with van der Waals surface area (Å²) in [6.45, 7) is 16.2. The van der Waals surface area contributed by atoms with Crippen molar-refractivity contribution in [3.63, 3.8) is 0 Å². The van der Waals surface area contributed by atoms with E-state index in [0.29, 0.717) is 44.9 Å². The molecule has 5 atom stereocenters. The van der Waals surface area contributed by atoms with Gasteiger partial charge in [-0.15, -0.1) is 11.8 Å². The maximum atomic E-state index is 16.7.